The third-order valence-corrected chi connectivity index (χ3v) is 5.51. The summed E-state index contributed by atoms with van der Waals surface area (Å²) < 4.78 is 66.7. The van der Waals surface area contributed by atoms with Gasteiger partial charge in [0.15, 0.2) is 28.4 Å². The summed E-state index contributed by atoms with van der Waals surface area (Å²) in [6.45, 7) is 0. The zero-order valence-electron chi connectivity index (χ0n) is 16.5. The van der Waals surface area contributed by atoms with E-state index in [0.29, 0.717) is 12.0 Å². The predicted molar refractivity (Wildman–Crippen MR) is 113 cm³/mol. The molecule has 11 heteroatoms. The molecule has 33 heavy (non-hydrogen) atoms. The standard InChI is InChI=1S/C22H13F5N4OS/c23-16-13(17(24)19(26)20(27)18(16)25)9-28-31-21(32)12-7-5-11(6-8-12)10-33-22-29-14-3-1-2-4-15(14)30-22/h1-9H,10H2,(H,29,30)(H,31,32)/b28-9-. The minimum absolute atomic E-state index is 0.182. The second-order valence-corrected chi connectivity index (χ2v) is 7.69. The molecule has 5 nitrogen and oxygen atoms in total. The molecule has 1 aromatic heterocycles. The molecule has 0 saturated heterocycles. The van der Waals surface area contributed by atoms with E-state index in [9.17, 15) is 26.7 Å². The first kappa shape index (κ1) is 22.5. The Balaban J connectivity index is 1.37. The van der Waals surface area contributed by atoms with Gasteiger partial charge in [0.1, 0.15) is 0 Å². The lowest BCUT2D eigenvalue weighted by atomic mass is 10.1. The van der Waals surface area contributed by atoms with Crippen LogP contribution in [-0.4, -0.2) is 22.1 Å². The lowest BCUT2D eigenvalue weighted by Crippen LogP contribution is -2.18. The number of aromatic amines is 1. The van der Waals surface area contributed by atoms with Gasteiger partial charge in [-0.1, -0.05) is 36.0 Å². The Morgan fingerprint density at radius 3 is 2.24 bits per heavy atom. The van der Waals surface area contributed by atoms with Gasteiger partial charge in [0.2, 0.25) is 5.82 Å². The van der Waals surface area contributed by atoms with Crippen LogP contribution in [-0.2, 0) is 5.75 Å². The van der Waals surface area contributed by atoms with Gasteiger partial charge in [-0.3, -0.25) is 4.79 Å². The first-order valence-electron chi connectivity index (χ1n) is 9.36. The van der Waals surface area contributed by atoms with Crippen molar-refractivity contribution in [3.63, 3.8) is 0 Å². The third-order valence-electron chi connectivity index (χ3n) is 4.56. The Morgan fingerprint density at radius 2 is 1.58 bits per heavy atom. The smallest absolute Gasteiger partial charge is 0.271 e. The number of aromatic nitrogens is 2. The highest BCUT2D eigenvalue weighted by atomic mass is 32.2. The van der Waals surface area contributed by atoms with Gasteiger partial charge in [-0.25, -0.2) is 32.4 Å². The van der Waals surface area contributed by atoms with Gasteiger partial charge in [-0.15, -0.1) is 0 Å². The van der Waals surface area contributed by atoms with Crippen molar-refractivity contribution < 1.29 is 26.7 Å². The maximum atomic E-state index is 13.6. The molecule has 0 fully saturated rings. The Hall–Kier alpha value is -3.73. The summed E-state index contributed by atoms with van der Waals surface area (Å²) in [6, 6.07) is 14.1. The average Bonchev–Trinajstić information content (AvgIpc) is 3.25. The molecule has 4 aromatic rings. The summed E-state index contributed by atoms with van der Waals surface area (Å²) in [4.78, 5) is 19.8. The molecule has 0 aliphatic heterocycles. The van der Waals surface area contributed by atoms with E-state index in [1.807, 2.05) is 29.7 Å². The number of fused-ring (bicyclic) bond motifs is 1. The minimum atomic E-state index is -2.27. The monoisotopic (exact) mass is 476 g/mol. The zero-order valence-corrected chi connectivity index (χ0v) is 17.3. The molecule has 2 N–H and O–H groups in total. The van der Waals surface area contributed by atoms with Gasteiger partial charge in [-0.2, -0.15) is 5.10 Å². The van der Waals surface area contributed by atoms with Crippen LogP contribution < -0.4 is 5.43 Å². The number of amides is 1. The van der Waals surface area contributed by atoms with E-state index >= 15 is 0 Å². The van der Waals surface area contributed by atoms with Crippen LogP contribution in [0.3, 0.4) is 0 Å². The molecule has 0 spiro atoms. The zero-order chi connectivity index (χ0) is 23.5. The van der Waals surface area contributed by atoms with Gasteiger partial charge in [0, 0.05) is 11.3 Å². The van der Waals surface area contributed by atoms with Crippen LogP contribution >= 0.6 is 11.8 Å². The summed E-state index contributed by atoms with van der Waals surface area (Å²) in [6.07, 6.45) is 0.354. The quantitative estimate of drug-likeness (QED) is 0.0989. The Labute approximate surface area is 187 Å². The minimum Gasteiger partial charge on any atom is -0.333 e. The van der Waals surface area contributed by atoms with Crippen LogP contribution in [0.2, 0.25) is 0 Å². The highest BCUT2D eigenvalue weighted by Gasteiger charge is 2.24. The Kier molecular flexibility index (Phi) is 6.40. The summed E-state index contributed by atoms with van der Waals surface area (Å²) in [7, 11) is 0. The van der Waals surface area contributed by atoms with Crippen molar-refractivity contribution in [2.45, 2.75) is 10.9 Å². The molecular weight excluding hydrogens is 463 g/mol. The van der Waals surface area contributed by atoms with Crippen molar-refractivity contribution in [1.29, 1.82) is 0 Å². The largest absolute Gasteiger partial charge is 0.333 e. The van der Waals surface area contributed by atoms with Gasteiger partial charge in [0.25, 0.3) is 5.91 Å². The number of hydrazone groups is 1. The van der Waals surface area contributed by atoms with E-state index in [1.54, 1.807) is 12.1 Å². The molecule has 0 unspecified atom stereocenters. The first-order chi connectivity index (χ1) is 15.8. The number of nitrogens with one attached hydrogen (secondary N) is 2. The molecule has 4 rings (SSSR count). The third kappa shape index (κ3) is 4.72. The molecule has 0 saturated carbocycles. The molecule has 1 heterocycles. The van der Waals surface area contributed by atoms with E-state index < -0.39 is 40.6 Å². The molecule has 0 radical (unpaired) electrons. The number of carbonyl (C=O) groups is 1. The molecule has 168 valence electrons. The average molecular weight is 476 g/mol. The highest BCUT2D eigenvalue weighted by Crippen LogP contribution is 2.23. The molecule has 0 aliphatic carbocycles. The number of nitrogens with zero attached hydrogens (tertiary/aromatic N) is 2. The SMILES string of the molecule is O=C(N/N=C\c1c(F)c(F)c(F)c(F)c1F)c1ccc(CSc2nc3ccccc3[nH]2)cc1. The number of rotatable bonds is 6. The van der Waals surface area contributed by atoms with Gasteiger partial charge in [-0.05, 0) is 29.8 Å². The van der Waals surface area contributed by atoms with Crippen molar-refractivity contribution in [2.75, 3.05) is 0 Å². The highest BCUT2D eigenvalue weighted by molar-refractivity contribution is 7.98. The van der Waals surface area contributed by atoms with Crippen LogP contribution in [0.4, 0.5) is 22.0 Å². The number of para-hydroxylation sites is 2. The van der Waals surface area contributed by atoms with Crippen LogP contribution in [0.15, 0.2) is 58.8 Å². The van der Waals surface area contributed by atoms with E-state index in [4.69, 9.17) is 0 Å². The number of hydrogen-bond acceptors (Lipinski definition) is 4. The van der Waals surface area contributed by atoms with Crippen molar-refractivity contribution in [2.24, 2.45) is 5.10 Å². The van der Waals surface area contributed by atoms with Crippen molar-refractivity contribution in [1.82, 2.24) is 15.4 Å². The number of thioether (sulfide) groups is 1. The Bertz CT molecular complexity index is 1310. The normalized spacial score (nSPS) is 11.4. The Morgan fingerprint density at radius 1 is 0.939 bits per heavy atom. The van der Waals surface area contributed by atoms with Crippen LogP contribution in [0, 0.1) is 29.1 Å². The van der Waals surface area contributed by atoms with Crippen LogP contribution in [0.25, 0.3) is 11.0 Å². The number of imidazole rings is 1. The topological polar surface area (TPSA) is 70.1 Å². The maximum Gasteiger partial charge on any atom is 0.271 e. The van der Waals surface area contributed by atoms with Gasteiger partial charge < -0.3 is 4.98 Å². The number of H-pyrrole nitrogens is 1. The van der Waals surface area contributed by atoms with Crippen molar-refractivity contribution >= 4 is 34.9 Å². The lowest BCUT2D eigenvalue weighted by Gasteiger charge is -2.05. The number of benzene rings is 3. The second kappa shape index (κ2) is 9.41. The van der Waals surface area contributed by atoms with E-state index in [-0.39, 0.29) is 5.56 Å². The van der Waals surface area contributed by atoms with E-state index in [0.717, 1.165) is 21.8 Å². The number of hydrogen-bond donors (Lipinski definition) is 2. The fourth-order valence-electron chi connectivity index (χ4n) is 2.86. The van der Waals surface area contributed by atoms with Crippen LogP contribution in [0.5, 0.6) is 0 Å². The lowest BCUT2D eigenvalue weighted by molar-refractivity contribution is 0.0955. The van der Waals surface area contributed by atoms with Crippen molar-refractivity contribution in [3.05, 3.63) is 94.3 Å². The molecule has 0 aliphatic rings. The van der Waals surface area contributed by atoms with Gasteiger partial charge >= 0.3 is 0 Å². The summed E-state index contributed by atoms with van der Waals surface area (Å²) in [5, 5.41) is 4.04. The van der Waals surface area contributed by atoms with Crippen molar-refractivity contribution in [3.8, 4) is 0 Å². The van der Waals surface area contributed by atoms with Gasteiger partial charge in [0.05, 0.1) is 22.8 Å². The molecule has 0 atom stereocenters. The van der Waals surface area contributed by atoms with E-state index in [1.165, 1.54) is 23.9 Å². The summed E-state index contributed by atoms with van der Waals surface area (Å²) >= 11 is 1.48. The summed E-state index contributed by atoms with van der Waals surface area (Å²) in [5.74, 6) is -10.7. The fourth-order valence-corrected chi connectivity index (χ4v) is 3.70. The molecule has 1 amide bonds. The van der Waals surface area contributed by atoms with E-state index in [2.05, 4.69) is 15.1 Å². The second-order valence-electron chi connectivity index (χ2n) is 6.73. The maximum absolute atomic E-state index is 13.6. The predicted octanol–water partition coefficient (Wildman–Crippen LogP) is 5.31. The fraction of sp³-hybridized carbons (Fsp3) is 0.0455. The molecule has 3 aromatic carbocycles. The van der Waals surface area contributed by atoms with Crippen LogP contribution in [0.1, 0.15) is 21.5 Å². The number of carbonyl (C=O) groups excluding carboxylic acids is 1. The number of halogens is 5. The summed E-state index contributed by atoms with van der Waals surface area (Å²) in [5.41, 5.74) is 3.60. The molecule has 0 bridgehead atoms. The first-order valence-corrected chi connectivity index (χ1v) is 10.3. The molecular formula is C22H13F5N4OS.